The van der Waals surface area contributed by atoms with Crippen molar-refractivity contribution in [1.82, 2.24) is 4.48 Å². The van der Waals surface area contributed by atoms with E-state index in [2.05, 4.69) is 31.3 Å². The molecule has 0 aliphatic carbocycles. The van der Waals surface area contributed by atoms with Crippen LogP contribution in [0.3, 0.4) is 0 Å². The molecule has 0 aliphatic heterocycles. The highest BCUT2D eigenvalue weighted by atomic mass is 16.5. The first-order chi connectivity index (χ1) is 13.5. The summed E-state index contributed by atoms with van der Waals surface area (Å²) in [4.78, 5) is 0. The predicted molar refractivity (Wildman–Crippen MR) is 112 cm³/mol. The Kier molecular flexibility index (Phi) is 5.76. The van der Waals surface area contributed by atoms with Crippen LogP contribution in [0.15, 0.2) is 66.7 Å². The number of quaternary nitrogens is 1. The lowest BCUT2D eigenvalue weighted by molar-refractivity contribution is 0.371. The van der Waals surface area contributed by atoms with Gasteiger partial charge in [-0.2, -0.15) is 0 Å². The van der Waals surface area contributed by atoms with Crippen molar-refractivity contribution in [2.24, 2.45) is 0 Å². The minimum absolute atomic E-state index is 0.134. The molecule has 0 amide bonds. The van der Waals surface area contributed by atoms with Gasteiger partial charge in [0.05, 0.1) is 28.4 Å². The minimum Gasteiger partial charge on any atom is -0.504 e. The van der Waals surface area contributed by atoms with Gasteiger partial charge in [-0.25, -0.2) is 0 Å². The molecule has 0 atom stereocenters. The van der Waals surface area contributed by atoms with Crippen LogP contribution in [0.2, 0.25) is 0 Å². The number of rotatable bonds is 7. The zero-order valence-corrected chi connectivity index (χ0v) is 16.7. The number of benzene rings is 3. The lowest BCUT2D eigenvalue weighted by Crippen LogP contribution is -2.38. The van der Waals surface area contributed by atoms with Crippen LogP contribution >= 0.6 is 0 Å². The Morgan fingerprint density at radius 2 is 1.21 bits per heavy atom. The van der Waals surface area contributed by atoms with Crippen LogP contribution in [-0.4, -0.2) is 33.5 Å². The van der Waals surface area contributed by atoms with Crippen molar-refractivity contribution in [2.75, 3.05) is 28.4 Å². The summed E-state index contributed by atoms with van der Waals surface area (Å²) >= 11 is 0. The Balaban J connectivity index is 2.07. The Hall–Kier alpha value is -3.18. The normalized spacial score (nSPS) is 11.1. The number of nitrogens with zero attached hydrogens (tertiary/aromatic N) is 1. The van der Waals surface area contributed by atoms with E-state index in [1.54, 1.807) is 27.4 Å². The number of phenols is 1. The van der Waals surface area contributed by atoms with E-state index >= 15 is 0 Å². The topological polar surface area (TPSA) is 47.9 Å². The lowest BCUT2D eigenvalue weighted by Gasteiger charge is -2.34. The third-order valence-corrected chi connectivity index (χ3v) is 5.03. The molecule has 0 aliphatic rings. The molecule has 3 aromatic carbocycles. The maximum absolute atomic E-state index is 9.92. The van der Waals surface area contributed by atoms with Crippen LogP contribution in [0.1, 0.15) is 5.56 Å². The number of ether oxygens (including phenoxy) is 3. The number of methoxy groups -OCH3 is 3. The first-order valence-corrected chi connectivity index (χ1v) is 9.01. The molecule has 0 saturated heterocycles. The van der Waals surface area contributed by atoms with Crippen molar-refractivity contribution >= 4 is 11.4 Å². The molecule has 3 aromatic rings. The first kappa shape index (κ1) is 19.6. The van der Waals surface area contributed by atoms with Crippen LogP contribution in [0.5, 0.6) is 23.0 Å². The van der Waals surface area contributed by atoms with Gasteiger partial charge in [0.15, 0.2) is 11.5 Å². The van der Waals surface area contributed by atoms with E-state index in [-0.39, 0.29) is 5.75 Å². The summed E-state index contributed by atoms with van der Waals surface area (Å²) in [7, 11) is 7.04. The second-order valence-corrected chi connectivity index (χ2v) is 6.75. The monoisotopic (exact) mass is 380 g/mol. The van der Waals surface area contributed by atoms with E-state index in [1.807, 2.05) is 36.4 Å². The fourth-order valence-electron chi connectivity index (χ4n) is 3.34. The highest BCUT2D eigenvalue weighted by molar-refractivity contribution is 5.60. The average Bonchev–Trinajstić information content (AvgIpc) is 2.75. The van der Waals surface area contributed by atoms with Gasteiger partial charge in [0.1, 0.15) is 29.4 Å². The molecule has 1 N–H and O–H groups in total. The van der Waals surface area contributed by atoms with Crippen LogP contribution in [0.4, 0.5) is 11.4 Å². The second kappa shape index (κ2) is 8.23. The Morgan fingerprint density at radius 1 is 0.714 bits per heavy atom. The Morgan fingerprint density at radius 3 is 1.64 bits per heavy atom. The van der Waals surface area contributed by atoms with Gasteiger partial charge in [0, 0.05) is 29.8 Å². The fraction of sp³-hybridized carbons (Fsp3) is 0.217. The highest BCUT2D eigenvalue weighted by Gasteiger charge is 2.29. The van der Waals surface area contributed by atoms with Crippen LogP contribution < -0.4 is 18.7 Å². The van der Waals surface area contributed by atoms with Gasteiger partial charge in [0.2, 0.25) is 0 Å². The molecule has 146 valence electrons. The first-order valence-electron chi connectivity index (χ1n) is 9.01. The lowest BCUT2D eigenvalue weighted by atomic mass is 10.1. The summed E-state index contributed by atoms with van der Waals surface area (Å²) in [6.45, 7) is 0.676. The predicted octanol–water partition coefficient (Wildman–Crippen LogP) is 4.89. The molecule has 0 aromatic heterocycles. The van der Waals surface area contributed by atoms with E-state index < -0.39 is 0 Å². The minimum atomic E-state index is 0.134. The van der Waals surface area contributed by atoms with Crippen molar-refractivity contribution in [1.29, 1.82) is 0 Å². The van der Waals surface area contributed by atoms with Crippen LogP contribution in [-0.2, 0) is 6.54 Å². The summed E-state index contributed by atoms with van der Waals surface area (Å²) in [5.74, 6) is 2.23. The summed E-state index contributed by atoms with van der Waals surface area (Å²) in [6.07, 6.45) is 0. The third kappa shape index (κ3) is 3.89. The molecule has 28 heavy (non-hydrogen) atoms. The van der Waals surface area contributed by atoms with Crippen molar-refractivity contribution in [3.63, 3.8) is 0 Å². The van der Waals surface area contributed by atoms with Crippen LogP contribution in [0, 0.1) is 0 Å². The van der Waals surface area contributed by atoms with E-state index in [9.17, 15) is 5.11 Å². The summed E-state index contributed by atoms with van der Waals surface area (Å²) < 4.78 is 16.4. The van der Waals surface area contributed by atoms with E-state index in [0.29, 0.717) is 16.8 Å². The molecule has 0 heterocycles. The Bertz CT molecular complexity index is 873. The van der Waals surface area contributed by atoms with E-state index in [0.717, 1.165) is 28.4 Å². The van der Waals surface area contributed by atoms with Gasteiger partial charge in [-0.1, -0.05) is 0 Å². The van der Waals surface area contributed by atoms with Gasteiger partial charge in [-0.15, -0.1) is 0 Å². The molecule has 3 rings (SSSR count). The van der Waals surface area contributed by atoms with Crippen molar-refractivity contribution in [2.45, 2.75) is 6.54 Å². The summed E-state index contributed by atoms with van der Waals surface area (Å²) in [6, 6.07) is 21.6. The molecule has 0 spiro atoms. The van der Waals surface area contributed by atoms with Gasteiger partial charge in [-0.05, 0) is 42.5 Å². The quantitative estimate of drug-likeness (QED) is 0.593. The largest absolute Gasteiger partial charge is 0.504 e. The highest BCUT2D eigenvalue weighted by Crippen LogP contribution is 2.38. The molecule has 0 saturated carbocycles. The number of hydrogen-bond acceptors (Lipinski definition) is 4. The van der Waals surface area contributed by atoms with Gasteiger partial charge >= 0.3 is 0 Å². The molecular formula is C23H26NO4+. The van der Waals surface area contributed by atoms with Gasteiger partial charge < -0.3 is 19.3 Å². The molecular weight excluding hydrogens is 354 g/mol. The van der Waals surface area contributed by atoms with E-state index in [4.69, 9.17) is 14.2 Å². The smallest absolute Gasteiger partial charge is 0.160 e. The molecule has 0 radical (unpaired) electrons. The number of aromatic hydroxyl groups is 1. The summed E-state index contributed by atoms with van der Waals surface area (Å²) in [5, 5.41) is 9.92. The van der Waals surface area contributed by atoms with E-state index in [1.165, 1.54) is 0 Å². The average molecular weight is 380 g/mol. The molecule has 0 fully saturated rings. The number of phenolic OH excluding ortho intramolecular Hbond substituents is 1. The molecule has 0 unspecified atom stereocenters. The van der Waals surface area contributed by atoms with Crippen molar-refractivity contribution < 1.29 is 19.3 Å². The van der Waals surface area contributed by atoms with Gasteiger partial charge in [0.25, 0.3) is 0 Å². The molecule has 5 nitrogen and oxygen atoms in total. The van der Waals surface area contributed by atoms with Crippen molar-refractivity contribution in [3.05, 3.63) is 72.3 Å². The van der Waals surface area contributed by atoms with Gasteiger partial charge in [-0.3, -0.25) is 4.48 Å². The zero-order valence-electron chi connectivity index (χ0n) is 16.7. The second-order valence-electron chi connectivity index (χ2n) is 6.75. The molecule has 0 bridgehead atoms. The maximum atomic E-state index is 9.92. The third-order valence-electron chi connectivity index (χ3n) is 5.03. The fourth-order valence-corrected chi connectivity index (χ4v) is 3.34. The standard InChI is InChI=1S/C23H25NO4/c1-24(18-6-10-20(26-2)11-7-18,19-8-12-21(27-3)13-9-19)16-17-5-14-22(25)23(15-17)28-4/h5-15H,16H2,1-4H3/p+1. The van der Waals surface area contributed by atoms with Crippen molar-refractivity contribution in [3.8, 4) is 23.0 Å². The number of hydrogen-bond donors (Lipinski definition) is 1. The summed E-state index contributed by atoms with van der Waals surface area (Å²) in [5.41, 5.74) is 3.26. The van der Waals surface area contributed by atoms with Crippen LogP contribution in [0.25, 0.3) is 0 Å². The maximum Gasteiger partial charge on any atom is 0.160 e. The zero-order chi connectivity index (χ0) is 20.1. The molecule has 5 heteroatoms. The SMILES string of the molecule is COc1ccc([N+](C)(Cc2ccc(O)c(OC)c2)c2ccc(OC)cc2)cc1. The Labute approximate surface area is 165 Å².